The molecule has 1 N–H and O–H groups in total. The molecule has 1 aliphatic rings. The molecular weight excluding hydrogens is 234 g/mol. The molecule has 0 radical (unpaired) electrons. The first-order valence-electron chi connectivity index (χ1n) is 5.48. The van der Waals surface area contributed by atoms with Gasteiger partial charge in [-0.1, -0.05) is 6.07 Å². The van der Waals surface area contributed by atoms with Gasteiger partial charge in [-0.2, -0.15) is 0 Å². The van der Waals surface area contributed by atoms with E-state index in [0.717, 1.165) is 0 Å². The molecule has 0 bridgehead atoms. The Balaban J connectivity index is 2.45. The second-order valence-corrected chi connectivity index (χ2v) is 4.15. The Morgan fingerprint density at radius 2 is 1.94 bits per heavy atom. The van der Waals surface area contributed by atoms with E-state index in [0.29, 0.717) is 17.4 Å². The van der Waals surface area contributed by atoms with E-state index in [2.05, 4.69) is 5.32 Å². The van der Waals surface area contributed by atoms with Gasteiger partial charge in [-0.05, 0) is 24.6 Å². The number of rotatable bonds is 4. The largest absolute Gasteiger partial charge is 0.303 e. The van der Waals surface area contributed by atoms with Crippen LogP contribution in [0.1, 0.15) is 45.5 Å². The maximum absolute atomic E-state index is 11.5. The molecule has 5 heteroatoms. The Morgan fingerprint density at radius 3 is 2.56 bits per heavy atom. The topological polar surface area (TPSA) is 80.3 Å². The Kier molecular flexibility index (Phi) is 3.06. The maximum Gasteiger partial charge on any atom is 0.258 e. The molecule has 1 aromatic rings. The molecule has 1 aromatic carbocycles. The van der Waals surface area contributed by atoms with Gasteiger partial charge >= 0.3 is 0 Å². The van der Waals surface area contributed by atoms with Crippen molar-refractivity contribution in [3.63, 3.8) is 0 Å². The van der Waals surface area contributed by atoms with Crippen LogP contribution in [0.25, 0.3) is 0 Å². The molecular formula is C13H11NO4. The smallest absolute Gasteiger partial charge is 0.258 e. The van der Waals surface area contributed by atoms with Gasteiger partial charge < -0.3 is 4.79 Å². The highest BCUT2D eigenvalue weighted by atomic mass is 16.2. The van der Waals surface area contributed by atoms with E-state index in [-0.39, 0.29) is 17.8 Å². The van der Waals surface area contributed by atoms with Crippen molar-refractivity contribution in [2.24, 2.45) is 0 Å². The highest BCUT2D eigenvalue weighted by Gasteiger charge is 2.28. The van der Waals surface area contributed by atoms with Gasteiger partial charge in [-0.3, -0.25) is 19.7 Å². The first kappa shape index (κ1) is 12.2. The number of Topliss-reactive ketones (excluding diaryl/α,β-unsaturated/α-hetero) is 1. The van der Waals surface area contributed by atoms with E-state index in [1.54, 1.807) is 6.07 Å². The SMILES string of the molecule is CC(=O)C(CC=O)c1ccc2c(c1)C(=O)NC2=O. The molecule has 0 spiro atoms. The number of fused-ring (bicyclic) bond motifs is 1. The molecule has 92 valence electrons. The zero-order valence-electron chi connectivity index (χ0n) is 9.73. The van der Waals surface area contributed by atoms with Crippen LogP contribution in [-0.2, 0) is 9.59 Å². The normalized spacial score (nSPS) is 14.9. The molecule has 1 heterocycles. The fourth-order valence-electron chi connectivity index (χ4n) is 2.04. The summed E-state index contributed by atoms with van der Waals surface area (Å²) in [5.74, 6) is -1.61. The summed E-state index contributed by atoms with van der Waals surface area (Å²) in [5, 5.41) is 2.18. The van der Waals surface area contributed by atoms with Gasteiger partial charge in [0.15, 0.2) is 0 Å². The average Bonchev–Trinajstić information content (AvgIpc) is 2.61. The molecule has 5 nitrogen and oxygen atoms in total. The van der Waals surface area contributed by atoms with Gasteiger partial charge in [0.25, 0.3) is 11.8 Å². The van der Waals surface area contributed by atoms with Crippen LogP contribution >= 0.6 is 0 Å². The van der Waals surface area contributed by atoms with E-state index in [9.17, 15) is 19.2 Å². The summed E-state index contributed by atoms with van der Waals surface area (Å²) in [6.07, 6.45) is 0.744. The number of amides is 2. The van der Waals surface area contributed by atoms with Crippen molar-refractivity contribution in [2.45, 2.75) is 19.3 Å². The van der Waals surface area contributed by atoms with Gasteiger partial charge in [-0.25, -0.2) is 0 Å². The monoisotopic (exact) mass is 245 g/mol. The predicted octanol–water partition coefficient (Wildman–Crippen LogP) is 0.832. The van der Waals surface area contributed by atoms with Crippen LogP contribution in [0, 0.1) is 0 Å². The third-order valence-electron chi connectivity index (χ3n) is 2.98. The van der Waals surface area contributed by atoms with Crippen molar-refractivity contribution in [3.8, 4) is 0 Å². The van der Waals surface area contributed by atoms with Gasteiger partial charge in [0.05, 0.1) is 11.1 Å². The molecule has 1 unspecified atom stereocenters. The lowest BCUT2D eigenvalue weighted by atomic mass is 9.90. The van der Waals surface area contributed by atoms with E-state index in [1.165, 1.54) is 19.1 Å². The molecule has 0 saturated carbocycles. The molecule has 0 saturated heterocycles. The van der Waals surface area contributed by atoms with Crippen LogP contribution in [0.3, 0.4) is 0 Å². The Hall–Kier alpha value is -2.30. The van der Waals surface area contributed by atoms with Crippen molar-refractivity contribution >= 4 is 23.9 Å². The minimum atomic E-state index is -0.559. The average molecular weight is 245 g/mol. The second kappa shape index (κ2) is 4.52. The molecule has 2 rings (SSSR count). The minimum Gasteiger partial charge on any atom is -0.303 e. The van der Waals surface area contributed by atoms with Gasteiger partial charge in [0.1, 0.15) is 12.1 Å². The van der Waals surface area contributed by atoms with Crippen LogP contribution in [0.15, 0.2) is 18.2 Å². The van der Waals surface area contributed by atoms with Crippen molar-refractivity contribution in [3.05, 3.63) is 34.9 Å². The molecule has 0 fully saturated rings. The number of benzene rings is 1. The summed E-state index contributed by atoms with van der Waals surface area (Å²) in [6.45, 7) is 1.40. The van der Waals surface area contributed by atoms with E-state index >= 15 is 0 Å². The first-order valence-corrected chi connectivity index (χ1v) is 5.48. The fourth-order valence-corrected chi connectivity index (χ4v) is 2.04. The molecule has 1 aliphatic heterocycles. The third-order valence-corrected chi connectivity index (χ3v) is 2.98. The molecule has 0 aliphatic carbocycles. The lowest BCUT2D eigenvalue weighted by Crippen LogP contribution is -2.19. The highest BCUT2D eigenvalue weighted by Crippen LogP contribution is 2.25. The molecule has 18 heavy (non-hydrogen) atoms. The second-order valence-electron chi connectivity index (χ2n) is 4.15. The number of carbonyl (C=O) groups excluding carboxylic acids is 4. The van der Waals surface area contributed by atoms with Crippen LogP contribution in [0.2, 0.25) is 0 Å². The standard InChI is InChI=1S/C13H11NO4/c1-7(16)9(4-5-15)8-2-3-10-11(6-8)13(18)14-12(10)17/h2-3,5-6,9H,4H2,1H3,(H,14,17,18). The fraction of sp³-hybridized carbons (Fsp3) is 0.231. The highest BCUT2D eigenvalue weighted by molar-refractivity contribution is 6.21. The summed E-state index contributed by atoms with van der Waals surface area (Å²) in [4.78, 5) is 44.9. The van der Waals surface area contributed by atoms with Crippen LogP contribution in [0.4, 0.5) is 0 Å². The van der Waals surface area contributed by atoms with Crippen molar-refractivity contribution in [1.29, 1.82) is 0 Å². The quantitative estimate of drug-likeness (QED) is 0.629. The maximum atomic E-state index is 11.5. The third kappa shape index (κ3) is 1.95. The predicted molar refractivity (Wildman–Crippen MR) is 62.3 cm³/mol. The van der Waals surface area contributed by atoms with Gasteiger partial charge in [0.2, 0.25) is 0 Å². The number of ketones is 1. The van der Waals surface area contributed by atoms with Crippen molar-refractivity contribution in [2.75, 3.05) is 0 Å². The van der Waals surface area contributed by atoms with Gasteiger partial charge in [-0.15, -0.1) is 0 Å². The molecule has 1 atom stereocenters. The zero-order valence-corrected chi connectivity index (χ0v) is 9.73. The summed E-state index contributed by atoms with van der Waals surface area (Å²) >= 11 is 0. The summed E-state index contributed by atoms with van der Waals surface area (Å²) in [7, 11) is 0. The Labute approximate surface area is 103 Å². The zero-order chi connectivity index (χ0) is 13.3. The number of imide groups is 1. The summed E-state index contributed by atoms with van der Waals surface area (Å²) < 4.78 is 0. The Morgan fingerprint density at radius 1 is 1.28 bits per heavy atom. The van der Waals surface area contributed by atoms with E-state index in [4.69, 9.17) is 0 Å². The van der Waals surface area contributed by atoms with Crippen LogP contribution in [0.5, 0.6) is 0 Å². The number of aldehydes is 1. The lowest BCUT2D eigenvalue weighted by molar-refractivity contribution is -0.120. The number of carbonyl (C=O) groups is 4. The van der Waals surface area contributed by atoms with Crippen LogP contribution in [-0.4, -0.2) is 23.9 Å². The van der Waals surface area contributed by atoms with Crippen molar-refractivity contribution < 1.29 is 19.2 Å². The number of hydrogen-bond acceptors (Lipinski definition) is 4. The minimum absolute atomic E-state index is 0.0731. The number of nitrogens with one attached hydrogen (secondary N) is 1. The molecule has 0 aromatic heterocycles. The molecule has 2 amide bonds. The summed E-state index contributed by atoms with van der Waals surface area (Å²) in [6, 6.07) is 4.61. The van der Waals surface area contributed by atoms with Crippen molar-refractivity contribution in [1.82, 2.24) is 5.32 Å². The summed E-state index contributed by atoms with van der Waals surface area (Å²) in [5.41, 5.74) is 1.14. The van der Waals surface area contributed by atoms with E-state index in [1.807, 2.05) is 0 Å². The van der Waals surface area contributed by atoms with E-state index < -0.39 is 17.7 Å². The van der Waals surface area contributed by atoms with Crippen LogP contribution < -0.4 is 5.32 Å². The Bertz CT molecular complexity index is 562. The lowest BCUT2D eigenvalue weighted by Gasteiger charge is -2.11. The van der Waals surface area contributed by atoms with Gasteiger partial charge in [0, 0.05) is 12.3 Å². The number of hydrogen-bond donors (Lipinski definition) is 1. The first-order chi connectivity index (χ1) is 8.54.